The zero-order valence-electron chi connectivity index (χ0n) is 14.8. The van der Waals surface area contributed by atoms with E-state index >= 15 is 0 Å². The normalized spacial score (nSPS) is 17.6. The Morgan fingerprint density at radius 2 is 2.00 bits per heavy atom. The average molecular weight is 311 g/mol. The molecule has 1 aliphatic heterocycles. The summed E-state index contributed by atoms with van der Waals surface area (Å²) in [4.78, 5) is 17.9. The number of hydrogen-bond donors (Lipinski definition) is 1. The Bertz CT molecular complexity index is 367. The highest BCUT2D eigenvalue weighted by Crippen LogP contribution is 2.28. The Labute approximate surface area is 135 Å². The first-order chi connectivity index (χ1) is 10.5. The molecule has 5 heteroatoms. The van der Waals surface area contributed by atoms with E-state index in [4.69, 9.17) is 4.74 Å². The van der Waals surface area contributed by atoms with Crippen molar-refractivity contribution in [3.05, 3.63) is 0 Å². The van der Waals surface area contributed by atoms with Crippen LogP contribution in [-0.2, 0) is 9.53 Å². The summed E-state index contributed by atoms with van der Waals surface area (Å²) in [6.45, 7) is 10.1. The number of nitrogens with zero attached hydrogens (tertiary/aromatic N) is 2. The van der Waals surface area contributed by atoms with Gasteiger partial charge in [-0.3, -0.25) is 9.79 Å². The predicted molar refractivity (Wildman–Crippen MR) is 91.1 cm³/mol. The predicted octanol–water partition coefficient (Wildman–Crippen LogP) is 2.81. The largest absolute Gasteiger partial charge is 0.466 e. The lowest BCUT2D eigenvalue weighted by molar-refractivity contribution is -0.143. The summed E-state index contributed by atoms with van der Waals surface area (Å²) in [5.74, 6) is 0.953. The van der Waals surface area contributed by atoms with Gasteiger partial charge in [-0.1, -0.05) is 26.7 Å². The van der Waals surface area contributed by atoms with Crippen molar-refractivity contribution in [1.29, 1.82) is 0 Å². The quantitative estimate of drug-likeness (QED) is 0.324. The number of carbonyl (C=O) groups is 1. The Balaban J connectivity index is 2.07. The van der Waals surface area contributed by atoms with E-state index in [0.717, 1.165) is 51.3 Å². The number of likely N-dealkylation sites (tertiary alicyclic amines) is 1. The molecular weight excluding hydrogens is 278 g/mol. The molecule has 5 nitrogen and oxygen atoms in total. The lowest BCUT2D eigenvalue weighted by atomic mass is 9.93. The van der Waals surface area contributed by atoms with Crippen LogP contribution in [0.15, 0.2) is 4.99 Å². The summed E-state index contributed by atoms with van der Waals surface area (Å²) >= 11 is 0. The smallest absolute Gasteiger partial charge is 0.305 e. The highest BCUT2D eigenvalue weighted by Gasteiger charge is 2.30. The third-order valence-electron chi connectivity index (χ3n) is 4.08. The van der Waals surface area contributed by atoms with E-state index in [9.17, 15) is 4.79 Å². The second-order valence-corrected chi connectivity index (χ2v) is 6.78. The Morgan fingerprint density at radius 1 is 1.27 bits per heavy atom. The van der Waals surface area contributed by atoms with Crippen LogP contribution in [0, 0.1) is 5.41 Å². The molecular formula is C17H33N3O2. The molecule has 1 N–H and O–H groups in total. The number of esters is 1. The van der Waals surface area contributed by atoms with E-state index in [2.05, 4.69) is 29.1 Å². The molecule has 0 bridgehead atoms. The molecule has 0 atom stereocenters. The summed E-state index contributed by atoms with van der Waals surface area (Å²) in [7, 11) is 1.85. The summed E-state index contributed by atoms with van der Waals surface area (Å²) in [5, 5.41) is 3.45. The number of guanidine groups is 1. The first-order valence-electron chi connectivity index (χ1n) is 8.60. The van der Waals surface area contributed by atoms with Gasteiger partial charge in [0.2, 0.25) is 0 Å². The monoisotopic (exact) mass is 311 g/mol. The molecule has 0 aliphatic carbocycles. The average Bonchev–Trinajstić information content (AvgIpc) is 2.82. The maximum Gasteiger partial charge on any atom is 0.305 e. The van der Waals surface area contributed by atoms with Crippen molar-refractivity contribution in [1.82, 2.24) is 10.2 Å². The lowest BCUT2D eigenvalue weighted by Gasteiger charge is -2.23. The minimum absolute atomic E-state index is 0.0716. The van der Waals surface area contributed by atoms with Crippen LogP contribution in [0.4, 0.5) is 0 Å². The van der Waals surface area contributed by atoms with E-state index in [0.29, 0.717) is 18.4 Å². The molecule has 1 fully saturated rings. The van der Waals surface area contributed by atoms with Gasteiger partial charge in [0, 0.05) is 33.1 Å². The minimum Gasteiger partial charge on any atom is -0.466 e. The molecule has 22 heavy (non-hydrogen) atoms. The van der Waals surface area contributed by atoms with E-state index in [1.54, 1.807) is 0 Å². The van der Waals surface area contributed by atoms with Crippen LogP contribution >= 0.6 is 0 Å². The van der Waals surface area contributed by atoms with Crippen LogP contribution in [0.3, 0.4) is 0 Å². The second kappa shape index (κ2) is 9.70. The first-order valence-corrected chi connectivity index (χ1v) is 8.60. The van der Waals surface area contributed by atoms with Gasteiger partial charge in [0.05, 0.1) is 6.61 Å². The Hall–Kier alpha value is -1.26. The standard InChI is InChI=1S/C17H33N3O2/c1-5-22-15(21)10-8-6-7-9-12-19-16(18-4)20-13-11-17(2,3)14-20/h5-14H2,1-4H3,(H,18,19). The van der Waals surface area contributed by atoms with Gasteiger partial charge in [-0.2, -0.15) is 0 Å². The third kappa shape index (κ3) is 7.14. The molecule has 1 aliphatic rings. The summed E-state index contributed by atoms with van der Waals surface area (Å²) in [5.41, 5.74) is 0.394. The van der Waals surface area contributed by atoms with Gasteiger partial charge >= 0.3 is 5.97 Å². The Kier molecular flexibility index (Phi) is 8.28. The van der Waals surface area contributed by atoms with Gasteiger partial charge < -0.3 is 15.0 Å². The molecule has 0 aromatic carbocycles. The van der Waals surface area contributed by atoms with E-state index in [1.165, 1.54) is 6.42 Å². The van der Waals surface area contributed by atoms with Crippen LogP contribution in [0.5, 0.6) is 0 Å². The maximum atomic E-state index is 11.2. The highest BCUT2D eigenvalue weighted by molar-refractivity contribution is 5.80. The Morgan fingerprint density at radius 3 is 2.59 bits per heavy atom. The van der Waals surface area contributed by atoms with Crippen molar-refractivity contribution < 1.29 is 9.53 Å². The zero-order valence-corrected chi connectivity index (χ0v) is 14.8. The van der Waals surface area contributed by atoms with Crippen molar-refractivity contribution in [2.75, 3.05) is 33.3 Å². The fraction of sp³-hybridized carbons (Fsp3) is 0.882. The van der Waals surface area contributed by atoms with E-state index < -0.39 is 0 Å². The number of rotatable bonds is 8. The fourth-order valence-corrected chi connectivity index (χ4v) is 2.81. The van der Waals surface area contributed by atoms with Crippen molar-refractivity contribution in [2.45, 2.75) is 59.3 Å². The second-order valence-electron chi connectivity index (χ2n) is 6.78. The fourth-order valence-electron chi connectivity index (χ4n) is 2.81. The number of nitrogens with one attached hydrogen (secondary N) is 1. The van der Waals surface area contributed by atoms with E-state index in [1.807, 2.05) is 14.0 Å². The molecule has 0 aromatic heterocycles. The SMILES string of the molecule is CCOC(=O)CCCCCCNC(=NC)N1CCC(C)(C)C1. The van der Waals surface area contributed by atoms with Crippen molar-refractivity contribution in [2.24, 2.45) is 10.4 Å². The molecule has 1 saturated heterocycles. The van der Waals surface area contributed by atoms with Crippen molar-refractivity contribution in [3.8, 4) is 0 Å². The number of aliphatic imine (C=N–C) groups is 1. The van der Waals surface area contributed by atoms with Gasteiger partial charge in [-0.05, 0) is 31.6 Å². The van der Waals surface area contributed by atoms with Gasteiger partial charge in [0.15, 0.2) is 5.96 Å². The number of unbranched alkanes of at least 4 members (excludes halogenated alkanes) is 3. The maximum absolute atomic E-state index is 11.2. The molecule has 0 spiro atoms. The van der Waals surface area contributed by atoms with Gasteiger partial charge in [0.25, 0.3) is 0 Å². The van der Waals surface area contributed by atoms with Gasteiger partial charge in [0.1, 0.15) is 0 Å². The topological polar surface area (TPSA) is 53.9 Å². The summed E-state index contributed by atoms with van der Waals surface area (Å²) in [6.07, 6.45) is 6.02. The van der Waals surface area contributed by atoms with Crippen LogP contribution in [0.2, 0.25) is 0 Å². The molecule has 128 valence electrons. The highest BCUT2D eigenvalue weighted by atomic mass is 16.5. The first kappa shape index (κ1) is 18.8. The van der Waals surface area contributed by atoms with Gasteiger partial charge in [-0.15, -0.1) is 0 Å². The van der Waals surface area contributed by atoms with Gasteiger partial charge in [-0.25, -0.2) is 0 Å². The molecule has 0 amide bonds. The number of carbonyl (C=O) groups excluding carboxylic acids is 1. The van der Waals surface area contributed by atoms with Crippen LogP contribution in [0.1, 0.15) is 59.3 Å². The van der Waals surface area contributed by atoms with Crippen LogP contribution in [0.25, 0.3) is 0 Å². The summed E-state index contributed by atoms with van der Waals surface area (Å²) < 4.78 is 4.92. The number of ether oxygens (including phenoxy) is 1. The lowest BCUT2D eigenvalue weighted by Crippen LogP contribution is -2.41. The van der Waals surface area contributed by atoms with Crippen LogP contribution < -0.4 is 5.32 Å². The van der Waals surface area contributed by atoms with Crippen molar-refractivity contribution >= 4 is 11.9 Å². The molecule has 0 unspecified atom stereocenters. The minimum atomic E-state index is -0.0716. The molecule has 0 aromatic rings. The molecule has 1 heterocycles. The van der Waals surface area contributed by atoms with E-state index in [-0.39, 0.29) is 5.97 Å². The zero-order chi connectivity index (χ0) is 16.4. The van der Waals surface area contributed by atoms with Crippen molar-refractivity contribution in [3.63, 3.8) is 0 Å². The van der Waals surface area contributed by atoms with Crippen LogP contribution in [-0.4, -0.2) is 50.1 Å². The molecule has 1 rings (SSSR count). The molecule has 0 radical (unpaired) electrons. The number of hydrogen-bond acceptors (Lipinski definition) is 3. The summed E-state index contributed by atoms with van der Waals surface area (Å²) in [6, 6.07) is 0. The third-order valence-corrected chi connectivity index (χ3v) is 4.08. The molecule has 0 saturated carbocycles.